The summed E-state index contributed by atoms with van der Waals surface area (Å²) in [7, 11) is 1.70. The average Bonchev–Trinajstić information content (AvgIpc) is 3.31. The molecule has 9 heteroatoms. The third-order valence-electron chi connectivity index (χ3n) is 5.20. The molecule has 4 rings (SSSR count). The number of hydrogen-bond donors (Lipinski definition) is 3. The summed E-state index contributed by atoms with van der Waals surface area (Å²) in [5, 5.41) is 11.0. The molecular weight excluding hydrogens is 408 g/mol. The maximum atomic E-state index is 12.7. The monoisotopic (exact) mass is 434 g/mol. The second-order valence-electron chi connectivity index (χ2n) is 7.46. The topological polar surface area (TPSA) is 110 Å². The number of carbonyl (C=O) groups is 1. The lowest BCUT2D eigenvalue weighted by atomic mass is 10.1. The summed E-state index contributed by atoms with van der Waals surface area (Å²) in [4.78, 5) is 29.4. The van der Waals surface area contributed by atoms with E-state index < -0.39 is 0 Å². The number of rotatable bonds is 8. The zero-order valence-corrected chi connectivity index (χ0v) is 18.1. The molecule has 1 aliphatic rings. The van der Waals surface area contributed by atoms with Gasteiger partial charge < -0.3 is 19.9 Å². The molecule has 32 heavy (non-hydrogen) atoms. The number of nitrogens with one attached hydrogen (secondary N) is 3. The van der Waals surface area contributed by atoms with Gasteiger partial charge in [-0.15, -0.1) is 0 Å². The van der Waals surface area contributed by atoms with Crippen molar-refractivity contribution in [3.63, 3.8) is 0 Å². The summed E-state index contributed by atoms with van der Waals surface area (Å²) < 4.78 is 7.32. The van der Waals surface area contributed by atoms with Crippen molar-refractivity contribution < 1.29 is 9.53 Å². The van der Waals surface area contributed by atoms with Crippen molar-refractivity contribution in [2.75, 3.05) is 19.8 Å². The number of hydrogen-bond acceptors (Lipinski definition) is 7. The number of hydrazone groups is 1. The number of fused-ring (bicyclic) bond motifs is 1. The second kappa shape index (κ2) is 9.51. The van der Waals surface area contributed by atoms with Gasteiger partial charge in [-0.1, -0.05) is 0 Å². The zero-order valence-electron chi connectivity index (χ0n) is 18.1. The Morgan fingerprint density at radius 1 is 1.25 bits per heavy atom. The maximum Gasteiger partial charge on any atom is 0.251 e. The standard InChI is InChI=1S/C23H26N6O3/c1-3-32-20-13-18(15-8-10-29(2)22(30)12-15)27-19-11-16(6-7-17(19)20)23(31)24-9-4-5-21-25-14-26-28-21/h6-8,10-13,26H,3-5,9,14H2,1-2H3,(H,24,31)(H,25,28). The van der Waals surface area contributed by atoms with Crippen LogP contribution in [0, 0.1) is 0 Å². The number of carbonyl (C=O) groups excluding carboxylic acids is 1. The molecule has 166 valence electrons. The summed E-state index contributed by atoms with van der Waals surface area (Å²) in [5.41, 5.74) is 5.21. The van der Waals surface area contributed by atoms with Crippen LogP contribution in [-0.2, 0) is 7.05 Å². The second-order valence-corrected chi connectivity index (χ2v) is 7.46. The molecule has 0 atom stereocenters. The van der Waals surface area contributed by atoms with E-state index in [4.69, 9.17) is 9.72 Å². The molecule has 3 N–H and O–H groups in total. The molecule has 2 aromatic heterocycles. The van der Waals surface area contributed by atoms with E-state index in [0.29, 0.717) is 47.9 Å². The Morgan fingerprint density at radius 3 is 2.88 bits per heavy atom. The zero-order chi connectivity index (χ0) is 22.5. The van der Waals surface area contributed by atoms with E-state index in [1.54, 1.807) is 31.4 Å². The molecule has 9 nitrogen and oxygen atoms in total. The molecule has 0 saturated heterocycles. The van der Waals surface area contributed by atoms with E-state index in [0.717, 1.165) is 24.1 Å². The highest BCUT2D eigenvalue weighted by Crippen LogP contribution is 2.30. The quantitative estimate of drug-likeness (QED) is 0.468. The molecule has 0 aliphatic carbocycles. The number of aromatic nitrogens is 2. The number of benzene rings is 1. The molecule has 0 saturated carbocycles. The van der Waals surface area contributed by atoms with Crippen LogP contribution in [0.4, 0.5) is 0 Å². The summed E-state index contributed by atoms with van der Waals surface area (Å²) in [5.74, 6) is 1.41. The molecular formula is C23H26N6O3. The van der Waals surface area contributed by atoms with Gasteiger partial charge in [0.15, 0.2) is 0 Å². The van der Waals surface area contributed by atoms with Gasteiger partial charge >= 0.3 is 0 Å². The molecule has 3 aromatic rings. The first-order chi connectivity index (χ1) is 15.5. The van der Waals surface area contributed by atoms with Crippen LogP contribution in [-0.4, -0.2) is 41.1 Å². The summed E-state index contributed by atoms with van der Waals surface area (Å²) in [6.07, 6.45) is 3.26. The number of ether oxygens (including phenoxy) is 1. The van der Waals surface area contributed by atoms with Gasteiger partial charge in [0.1, 0.15) is 18.3 Å². The Bertz CT molecular complexity index is 1230. The van der Waals surface area contributed by atoms with Crippen molar-refractivity contribution in [1.82, 2.24) is 25.6 Å². The van der Waals surface area contributed by atoms with Crippen molar-refractivity contribution in [3.8, 4) is 17.0 Å². The van der Waals surface area contributed by atoms with Crippen LogP contribution in [0.15, 0.2) is 52.5 Å². The van der Waals surface area contributed by atoms with Gasteiger partial charge in [-0.05, 0) is 37.6 Å². The van der Waals surface area contributed by atoms with Gasteiger partial charge in [-0.3, -0.25) is 15.0 Å². The minimum absolute atomic E-state index is 0.120. The molecule has 3 heterocycles. The highest BCUT2D eigenvalue weighted by Gasteiger charge is 2.13. The number of aryl methyl sites for hydroxylation is 1. The molecule has 0 fully saturated rings. The number of nitrogens with zero attached hydrogens (tertiary/aromatic N) is 3. The molecule has 0 radical (unpaired) electrons. The smallest absolute Gasteiger partial charge is 0.251 e. The van der Waals surface area contributed by atoms with Crippen LogP contribution in [0.3, 0.4) is 0 Å². The van der Waals surface area contributed by atoms with E-state index in [1.807, 2.05) is 25.1 Å². The van der Waals surface area contributed by atoms with E-state index in [9.17, 15) is 9.59 Å². The maximum absolute atomic E-state index is 12.7. The largest absolute Gasteiger partial charge is 0.493 e. The van der Waals surface area contributed by atoms with E-state index in [1.165, 1.54) is 4.57 Å². The third kappa shape index (κ3) is 4.72. The van der Waals surface area contributed by atoms with Crippen molar-refractivity contribution >= 4 is 22.6 Å². The van der Waals surface area contributed by atoms with Crippen LogP contribution in [0.1, 0.15) is 30.1 Å². The van der Waals surface area contributed by atoms with Crippen molar-refractivity contribution in [1.29, 1.82) is 0 Å². The van der Waals surface area contributed by atoms with Crippen LogP contribution in [0.2, 0.25) is 0 Å². The molecule has 0 bridgehead atoms. The van der Waals surface area contributed by atoms with Crippen LogP contribution in [0.25, 0.3) is 22.2 Å². The third-order valence-corrected chi connectivity index (χ3v) is 5.20. The van der Waals surface area contributed by atoms with E-state index >= 15 is 0 Å². The first-order valence-corrected chi connectivity index (χ1v) is 10.6. The Hall–Kier alpha value is -3.88. The molecule has 1 amide bonds. The van der Waals surface area contributed by atoms with Gasteiger partial charge in [-0.2, -0.15) is 5.10 Å². The highest BCUT2D eigenvalue weighted by molar-refractivity contribution is 5.99. The lowest BCUT2D eigenvalue weighted by molar-refractivity contribution is 0.0953. The van der Waals surface area contributed by atoms with Gasteiger partial charge in [0.05, 0.1) is 17.8 Å². The summed E-state index contributed by atoms with van der Waals surface area (Å²) >= 11 is 0. The Balaban J connectivity index is 1.57. The Labute approximate surface area is 185 Å². The predicted octanol–water partition coefficient (Wildman–Crippen LogP) is 1.97. The van der Waals surface area contributed by atoms with Gasteiger partial charge in [-0.25, -0.2) is 4.98 Å². The first kappa shape index (κ1) is 21.4. The summed E-state index contributed by atoms with van der Waals surface area (Å²) in [6, 6.07) is 10.6. The van der Waals surface area contributed by atoms with Gasteiger partial charge in [0.2, 0.25) is 0 Å². The molecule has 0 unspecified atom stereocenters. The minimum Gasteiger partial charge on any atom is -0.493 e. The van der Waals surface area contributed by atoms with E-state index in [-0.39, 0.29) is 11.5 Å². The number of pyridine rings is 2. The predicted molar refractivity (Wildman–Crippen MR) is 124 cm³/mol. The Kier molecular flexibility index (Phi) is 6.34. The van der Waals surface area contributed by atoms with Gasteiger partial charge in [0.25, 0.3) is 11.5 Å². The summed E-state index contributed by atoms with van der Waals surface area (Å²) in [6.45, 7) is 3.60. The first-order valence-electron chi connectivity index (χ1n) is 10.6. The molecule has 1 aromatic carbocycles. The lowest BCUT2D eigenvalue weighted by Gasteiger charge is -2.12. The highest BCUT2D eigenvalue weighted by atomic mass is 16.5. The van der Waals surface area contributed by atoms with Gasteiger partial charge in [0, 0.05) is 54.9 Å². The van der Waals surface area contributed by atoms with Crippen LogP contribution >= 0.6 is 0 Å². The van der Waals surface area contributed by atoms with Crippen molar-refractivity contribution in [2.24, 2.45) is 12.1 Å². The lowest BCUT2D eigenvalue weighted by Crippen LogP contribution is -2.26. The normalized spacial score (nSPS) is 12.8. The number of amidine groups is 1. The van der Waals surface area contributed by atoms with Crippen LogP contribution < -0.4 is 26.4 Å². The number of amides is 1. The Morgan fingerprint density at radius 2 is 2.12 bits per heavy atom. The van der Waals surface area contributed by atoms with Crippen molar-refractivity contribution in [3.05, 3.63) is 58.5 Å². The van der Waals surface area contributed by atoms with Crippen molar-refractivity contribution in [2.45, 2.75) is 19.8 Å². The van der Waals surface area contributed by atoms with Crippen LogP contribution in [0.5, 0.6) is 5.75 Å². The van der Waals surface area contributed by atoms with E-state index in [2.05, 4.69) is 21.2 Å². The fraction of sp³-hybridized carbons (Fsp3) is 0.304. The fourth-order valence-corrected chi connectivity index (χ4v) is 3.49. The fourth-order valence-electron chi connectivity index (χ4n) is 3.49. The molecule has 0 spiro atoms. The average molecular weight is 435 g/mol. The minimum atomic E-state index is -0.162. The SMILES string of the molecule is CCOc1cc(-c2ccn(C)c(=O)c2)nc2cc(C(=O)NCCCC3=NNCN3)ccc12. The molecule has 1 aliphatic heterocycles.